The van der Waals surface area contributed by atoms with Crippen LogP contribution in [0.25, 0.3) is 0 Å². The number of rotatable bonds is 3. The summed E-state index contributed by atoms with van der Waals surface area (Å²) in [6, 6.07) is 3.26. The van der Waals surface area contributed by atoms with Crippen LogP contribution in [0.1, 0.15) is 18.4 Å². The fourth-order valence-corrected chi connectivity index (χ4v) is 2.33. The van der Waals surface area contributed by atoms with Gasteiger partial charge in [0.2, 0.25) is 0 Å². The maximum absolute atomic E-state index is 12.7. The first-order chi connectivity index (χ1) is 10.3. The van der Waals surface area contributed by atoms with Gasteiger partial charge in [-0.15, -0.1) is 0 Å². The predicted molar refractivity (Wildman–Crippen MR) is 73.2 cm³/mol. The van der Waals surface area contributed by atoms with Crippen molar-refractivity contribution in [3.63, 3.8) is 0 Å². The number of nitrogens with one attached hydrogen (secondary N) is 1. The quantitative estimate of drug-likeness (QED) is 0.892. The number of carbonyl (C=O) groups is 1. The van der Waals surface area contributed by atoms with Crippen LogP contribution in [0, 0.1) is 0 Å². The highest BCUT2D eigenvalue weighted by molar-refractivity contribution is 5.74. The largest absolute Gasteiger partial charge is 0.417 e. The maximum atomic E-state index is 12.7. The Labute approximate surface area is 126 Å². The van der Waals surface area contributed by atoms with Gasteiger partial charge in [0.1, 0.15) is 0 Å². The van der Waals surface area contributed by atoms with E-state index < -0.39 is 30.7 Å². The first-order valence-electron chi connectivity index (χ1n) is 7.03. The van der Waals surface area contributed by atoms with Gasteiger partial charge in [0.25, 0.3) is 0 Å². The molecular formula is C14H18F3N3O2. The molecule has 0 aliphatic carbocycles. The van der Waals surface area contributed by atoms with Crippen molar-refractivity contribution in [2.75, 3.05) is 19.6 Å². The predicted octanol–water partition coefficient (Wildman–Crippen LogP) is 1.72. The Morgan fingerprint density at radius 3 is 2.64 bits per heavy atom. The number of aromatic nitrogens is 1. The van der Waals surface area contributed by atoms with E-state index in [2.05, 4.69) is 10.3 Å². The van der Waals surface area contributed by atoms with Crippen LogP contribution < -0.4 is 5.32 Å². The average Bonchev–Trinajstić information content (AvgIpc) is 2.48. The Morgan fingerprint density at radius 1 is 1.41 bits per heavy atom. The molecule has 1 aromatic rings. The third-order valence-corrected chi connectivity index (χ3v) is 3.82. The molecule has 1 aliphatic heterocycles. The summed E-state index contributed by atoms with van der Waals surface area (Å²) in [6.07, 6.45) is -1.71. The highest BCUT2D eigenvalue weighted by Gasteiger charge is 2.54. The van der Waals surface area contributed by atoms with E-state index in [0.717, 1.165) is 5.56 Å². The van der Waals surface area contributed by atoms with E-state index in [1.54, 1.807) is 18.5 Å². The van der Waals surface area contributed by atoms with Gasteiger partial charge in [-0.3, -0.25) is 4.98 Å². The molecule has 0 bridgehead atoms. The first kappa shape index (κ1) is 16.5. The van der Waals surface area contributed by atoms with E-state index in [1.165, 1.54) is 4.90 Å². The van der Waals surface area contributed by atoms with E-state index >= 15 is 0 Å². The molecule has 2 rings (SSSR count). The number of halogens is 3. The summed E-state index contributed by atoms with van der Waals surface area (Å²) in [5.41, 5.74) is -1.72. The number of hydrogen-bond acceptors (Lipinski definition) is 3. The van der Waals surface area contributed by atoms with Gasteiger partial charge in [0.15, 0.2) is 5.60 Å². The lowest BCUT2D eigenvalue weighted by Crippen LogP contribution is -2.55. The second-order valence-electron chi connectivity index (χ2n) is 5.36. The van der Waals surface area contributed by atoms with Gasteiger partial charge in [-0.25, -0.2) is 4.79 Å². The number of urea groups is 1. The van der Waals surface area contributed by atoms with Gasteiger partial charge in [0.05, 0.1) is 0 Å². The molecule has 1 saturated heterocycles. The molecular weight excluding hydrogens is 299 g/mol. The highest BCUT2D eigenvalue weighted by Crippen LogP contribution is 2.38. The molecule has 0 spiro atoms. The van der Waals surface area contributed by atoms with Crippen molar-refractivity contribution >= 4 is 6.03 Å². The number of alkyl halides is 3. The van der Waals surface area contributed by atoms with Crippen molar-refractivity contribution in [2.24, 2.45) is 0 Å². The SMILES string of the molecule is O=C(NCCc1cccnc1)N1CCC(O)(C(F)(F)F)CC1. The summed E-state index contributed by atoms with van der Waals surface area (Å²) in [4.78, 5) is 17.1. The van der Waals surface area contributed by atoms with Gasteiger partial charge in [-0.05, 0) is 18.1 Å². The number of amides is 2. The normalized spacial score (nSPS) is 18.1. The van der Waals surface area contributed by atoms with Gasteiger partial charge in [-0.2, -0.15) is 13.2 Å². The van der Waals surface area contributed by atoms with Crippen LogP contribution in [-0.2, 0) is 6.42 Å². The van der Waals surface area contributed by atoms with Crippen LogP contribution >= 0.6 is 0 Å². The van der Waals surface area contributed by atoms with Crippen molar-refractivity contribution in [1.82, 2.24) is 15.2 Å². The molecule has 1 aromatic heterocycles. The number of hydrogen-bond donors (Lipinski definition) is 2. The molecule has 122 valence electrons. The van der Waals surface area contributed by atoms with Crippen molar-refractivity contribution in [2.45, 2.75) is 31.0 Å². The van der Waals surface area contributed by atoms with Crippen LogP contribution in [0.5, 0.6) is 0 Å². The van der Waals surface area contributed by atoms with Crippen LogP contribution in [0.4, 0.5) is 18.0 Å². The Hall–Kier alpha value is -1.83. The molecule has 5 nitrogen and oxygen atoms in total. The second-order valence-corrected chi connectivity index (χ2v) is 5.36. The Kier molecular flexibility index (Phi) is 4.90. The summed E-state index contributed by atoms with van der Waals surface area (Å²) < 4.78 is 38.0. The first-order valence-corrected chi connectivity index (χ1v) is 7.03. The van der Waals surface area contributed by atoms with Crippen molar-refractivity contribution in [1.29, 1.82) is 0 Å². The molecule has 1 fully saturated rings. The summed E-state index contributed by atoms with van der Waals surface area (Å²) in [6.45, 7) is 0.147. The van der Waals surface area contributed by atoms with Crippen molar-refractivity contribution in [3.8, 4) is 0 Å². The second kappa shape index (κ2) is 6.51. The minimum Gasteiger partial charge on any atom is -0.380 e. The Balaban J connectivity index is 1.76. The minimum atomic E-state index is -4.66. The van der Waals surface area contributed by atoms with E-state index in [1.807, 2.05) is 6.07 Å². The van der Waals surface area contributed by atoms with Gasteiger partial charge in [-0.1, -0.05) is 6.07 Å². The van der Waals surface area contributed by atoms with Crippen LogP contribution in [-0.4, -0.2) is 52.4 Å². The minimum absolute atomic E-state index is 0.116. The monoisotopic (exact) mass is 317 g/mol. The molecule has 2 amide bonds. The number of carbonyl (C=O) groups excluding carboxylic acids is 1. The maximum Gasteiger partial charge on any atom is 0.417 e. The molecule has 0 atom stereocenters. The summed E-state index contributed by atoms with van der Waals surface area (Å²) in [5, 5.41) is 12.2. The number of likely N-dealkylation sites (tertiary alicyclic amines) is 1. The number of piperidine rings is 1. The van der Waals surface area contributed by atoms with Gasteiger partial charge in [0, 0.05) is 44.9 Å². The zero-order chi connectivity index (χ0) is 16.2. The number of pyridine rings is 1. The third-order valence-electron chi connectivity index (χ3n) is 3.82. The molecule has 2 heterocycles. The highest BCUT2D eigenvalue weighted by atomic mass is 19.4. The van der Waals surface area contributed by atoms with Crippen LogP contribution in [0.2, 0.25) is 0 Å². The average molecular weight is 317 g/mol. The lowest BCUT2D eigenvalue weighted by molar-refractivity contribution is -0.271. The topological polar surface area (TPSA) is 65.5 Å². The van der Waals surface area contributed by atoms with E-state index in [9.17, 15) is 23.1 Å². The standard InChI is InChI=1S/C14H18F3N3O2/c15-14(16,17)13(22)4-8-20(9-5-13)12(21)19-7-3-11-2-1-6-18-10-11/h1-2,6,10,22H,3-5,7-9H2,(H,19,21). The zero-order valence-corrected chi connectivity index (χ0v) is 11.9. The summed E-state index contributed by atoms with van der Waals surface area (Å²) in [5.74, 6) is 0. The van der Waals surface area contributed by atoms with Crippen molar-refractivity contribution in [3.05, 3.63) is 30.1 Å². The summed E-state index contributed by atoms with van der Waals surface area (Å²) >= 11 is 0. The molecule has 22 heavy (non-hydrogen) atoms. The molecule has 0 saturated carbocycles. The van der Waals surface area contributed by atoms with Crippen LogP contribution in [0.15, 0.2) is 24.5 Å². The Bertz CT molecular complexity index is 500. The molecule has 8 heteroatoms. The molecule has 2 N–H and O–H groups in total. The fourth-order valence-electron chi connectivity index (χ4n) is 2.33. The third kappa shape index (κ3) is 3.88. The van der Waals surface area contributed by atoms with E-state index in [0.29, 0.717) is 13.0 Å². The van der Waals surface area contributed by atoms with Gasteiger partial charge < -0.3 is 15.3 Å². The molecule has 0 unspecified atom stereocenters. The smallest absolute Gasteiger partial charge is 0.380 e. The zero-order valence-electron chi connectivity index (χ0n) is 11.9. The fraction of sp³-hybridized carbons (Fsp3) is 0.571. The van der Waals surface area contributed by atoms with Gasteiger partial charge >= 0.3 is 12.2 Å². The van der Waals surface area contributed by atoms with Crippen LogP contribution in [0.3, 0.4) is 0 Å². The lowest BCUT2D eigenvalue weighted by atomic mass is 9.91. The number of aliphatic hydroxyl groups is 1. The van der Waals surface area contributed by atoms with E-state index in [4.69, 9.17) is 0 Å². The van der Waals surface area contributed by atoms with E-state index in [-0.39, 0.29) is 13.1 Å². The molecule has 0 radical (unpaired) electrons. The molecule has 0 aromatic carbocycles. The number of nitrogens with zero attached hydrogens (tertiary/aromatic N) is 2. The molecule has 1 aliphatic rings. The summed E-state index contributed by atoms with van der Waals surface area (Å²) in [7, 11) is 0. The van der Waals surface area contributed by atoms with Crippen molar-refractivity contribution < 1.29 is 23.1 Å². The lowest BCUT2D eigenvalue weighted by Gasteiger charge is -2.39. The Morgan fingerprint density at radius 2 is 2.09 bits per heavy atom.